The van der Waals surface area contributed by atoms with Crippen molar-refractivity contribution >= 4 is 5.91 Å². The van der Waals surface area contributed by atoms with Gasteiger partial charge in [0, 0.05) is 24.2 Å². The number of amides is 1. The number of imidazole rings is 1. The molecule has 5 nitrogen and oxygen atoms in total. The molecule has 20 heavy (non-hydrogen) atoms. The number of nitrogens with zero attached hydrogens (tertiary/aromatic N) is 3. The Morgan fingerprint density at radius 1 is 1.00 bits per heavy atom. The van der Waals surface area contributed by atoms with E-state index in [-0.39, 0.29) is 0 Å². The second-order valence-electron chi connectivity index (χ2n) is 4.22. The van der Waals surface area contributed by atoms with Gasteiger partial charge in [-0.3, -0.25) is 9.36 Å². The molecule has 0 aliphatic carbocycles. The molecule has 0 fully saturated rings. The van der Waals surface area contributed by atoms with Gasteiger partial charge < -0.3 is 5.73 Å². The number of aromatic nitrogens is 3. The Hall–Kier alpha value is -2.95. The molecular weight excluding hydrogens is 252 g/mol. The van der Waals surface area contributed by atoms with Crippen LogP contribution in [0.15, 0.2) is 61.1 Å². The Morgan fingerprint density at radius 2 is 1.80 bits per heavy atom. The number of rotatable bonds is 3. The largest absolute Gasteiger partial charge is 0.366 e. The van der Waals surface area contributed by atoms with Crippen molar-refractivity contribution < 1.29 is 4.79 Å². The second kappa shape index (κ2) is 4.97. The second-order valence-corrected chi connectivity index (χ2v) is 4.22. The molecule has 2 N–H and O–H groups in total. The van der Waals surface area contributed by atoms with Gasteiger partial charge in [0.2, 0.25) is 5.91 Å². The van der Waals surface area contributed by atoms with E-state index in [1.54, 1.807) is 30.7 Å². The number of primary amides is 1. The topological polar surface area (TPSA) is 73.8 Å². The van der Waals surface area contributed by atoms with Crippen LogP contribution in [0.25, 0.3) is 17.2 Å². The summed E-state index contributed by atoms with van der Waals surface area (Å²) in [5.74, 6) is 0.897. The number of hydrogen-bond donors (Lipinski definition) is 1. The lowest BCUT2D eigenvalue weighted by Crippen LogP contribution is -2.13. The molecule has 2 aromatic heterocycles. The molecular formula is C15H12N4O. The van der Waals surface area contributed by atoms with E-state index in [0.29, 0.717) is 17.0 Å². The van der Waals surface area contributed by atoms with E-state index in [1.807, 2.05) is 34.9 Å². The van der Waals surface area contributed by atoms with E-state index < -0.39 is 5.91 Å². The molecule has 3 rings (SSSR count). The SMILES string of the molecule is NC(=O)c1ccccc1-c1nccn1-c1ccccn1. The summed E-state index contributed by atoms with van der Waals surface area (Å²) in [7, 11) is 0. The Balaban J connectivity index is 2.18. The van der Waals surface area contributed by atoms with Crippen LogP contribution in [0.5, 0.6) is 0 Å². The average molecular weight is 264 g/mol. The van der Waals surface area contributed by atoms with Crippen molar-refractivity contribution in [1.29, 1.82) is 0 Å². The van der Waals surface area contributed by atoms with Gasteiger partial charge in [0.15, 0.2) is 0 Å². The Labute approximate surface area is 115 Å². The third-order valence-corrected chi connectivity index (χ3v) is 2.97. The van der Waals surface area contributed by atoms with E-state index in [2.05, 4.69) is 9.97 Å². The summed E-state index contributed by atoms with van der Waals surface area (Å²) in [6.45, 7) is 0. The van der Waals surface area contributed by atoms with Crippen molar-refractivity contribution in [2.45, 2.75) is 0 Å². The molecule has 0 unspecified atom stereocenters. The number of hydrogen-bond acceptors (Lipinski definition) is 3. The molecule has 1 amide bonds. The first-order chi connectivity index (χ1) is 9.77. The molecule has 0 aliphatic heterocycles. The highest BCUT2D eigenvalue weighted by molar-refractivity contribution is 5.99. The Kier molecular flexibility index (Phi) is 3.01. The van der Waals surface area contributed by atoms with Crippen LogP contribution in [0, 0.1) is 0 Å². The van der Waals surface area contributed by atoms with Crippen molar-refractivity contribution in [3.05, 3.63) is 66.6 Å². The van der Waals surface area contributed by atoms with Crippen molar-refractivity contribution in [1.82, 2.24) is 14.5 Å². The molecule has 0 saturated carbocycles. The molecule has 5 heteroatoms. The smallest absolute Gasteiger partial charge is 0.249 e. The van der Waals surface area contributed by atoms with Crippen molar-refractivity contribution in [3.63, 3.8) is 0 Å². The molecule has 0 radical (unpaired) electrons. The third-order valence-electron chi connectivity index (χ3n) is 2.97. The zero-order chi connectivity index (χ0) is 13.9. The van der Waals surface area contributed by atoms with E-state index in [0.717, 1.165) is 5.82 Å². The fraction of sp³-hybridized carbons (Fsp3) is 0. The molecule has 0 bridgehead atoms. The van der Waals surface area contributed by atoms with Crippen molar-refractivity contribution in [2.24, 2.45) is 5.73 Å². The highest BCUT2D eigenvalue weighted by Crippen LogP contribution is 2.23. The maximum absolute atomic E-state index is 11.5. The molecule has 2 heterocycles. The number of benzene rings is 1. The van der Waals surface area contributed by atoms with Gasteiger partial charge in [-0.1, -0.05) is 24.3 Å². The minimum Gasteiger partial charge on any atom is -0.366 e. The lowest BCUT2D eigenvalue weighted by Gasteiger charge is -2.09. The number of carbonyl (C=O) groups is 1. The standard InChI is InChI=1S/C15H12N4O/c16-14(20)11-5-1-2-6-12(11)15-18-9-10-19(15)13-7-3-4-8-17-13/h1-10H,(H2,16,20). The number of nitrogens with two attached hydrogens (primary N) is 1. The summed E-state index contributed by atoms with van der Waals surface area (Å²) in [4.78, 5) is 20.1. The predicted octanol–water partition coefficient (Wildman–Crippen LogP) is 2.03. The van der Waals surface area contributed by atoms with E-state index in [4.69, 9.17) is 5.73 Å². The predicted molar refractivity (Wildman–Crippen MR) is 75.3 cm³/mol. The van der Waals surface area contributed by atoms with Gasteiger partial charge in [-0.25, -0.2) is 9.97 Å². The van der Waals surface area contributed by atoms with E-state index >= 15 is 0 Å². The quantitative estimate of drug-likeness (QED) is 0.786. The summed E-state index contributed by atoms with van der Waals surface area (Å²) in [5.41, 5.74) is 6.55. The normalized spacial score (nSPS) is 10.4. The monoisotopic (exact) mass is 264 g/mol. The molecule has 1 aromatic carbocycles. The number of carbonyl (C=O) groups excluding carboxylic acids is 1. The van der Waals surface area contributed by atoms with Gasteiger partial charge in [-0.05, 0) is 18.2 Å². The van der Waals surface area contributed by atoms with Crippen LogP contribution in [-0.4, -0.2) is 20.4 Å². The zero-order valence-corrected chi connectivity index (χ0v) is 10.6. The van der Waals surface area contributed by atoms with Gasteiger partial charge in [0.05, 0.1) is 5.56 Å². The average Bonchev–Trinajstić information content (AvgIpc) is 2.97. The van der Waals surface area contributed by atoms with Gasteiger partial charge in [-0.15, -0.1) is 0 Å². The first kappa shape index (κ1) is 12.1. The van der Waals surface area contributed by atoms with Crippen LogP contribution in [0.3, 0.4) is 0 Å². The van der Waals surface area contributed by atoms with Crippen molar-refractivity contribution in [2.75, 3.05) is 0 Å². The third kappa shape index (κ3) is 2.05. The molecule has 0 atom stereocenters. The lowest BCUT2D eigenvalue weighted by atomic mass is 10.1. The van der Waals surface area contributed by atoms with Crippen LogP contribution in [0.1, 0.15) is 10.4 Å². The van der Waals surface area contributed by atoms with Crippen LogP contribution in [-0.2, 0) is 0 Å². The first-order valence-electron chi connectivity index (χ1n) is 6.11. The Bertz CT molecular complexity index is 749. The molecule has 0 aliphatic rings. The summed E-state index contributed by atoms with van der Waals surface area (Å²) in [6.07, 6.45) is 5.18. The van der Waals surface area contributed by atoms with Gasteiger partial charge in [0.25, 0.3) is 0 Å². The first-order valence-corrected chi connectivity index (χ1v) is 6.11. The summed E-state index contributed by atoms with van der Waals surface area (Å²) >= 11 is 0. The van der Waals surface area contributed by atoms with Gasteiger partial charge in [0.1, 0.15) is 11.6 Å². The minimum atomic E-state index is -0.476. The van der Waals surface area contributed by atoms with Gasteiger partial charge >= 0.3 is 0 Å². The molecule has 0 saturated heterocycles. The maximum atomic E-state index is 11.5. The summed E-state index contributed by atoms with van der Waals surface area (Å²) in [6, 6.07) is 12.7. The van der Waals surface area contributed by atoms with Crippen molar-refractivity contribution in [3.8, 4) is 17.2 Å². The van der Waals surface area contributed by atoms with E-state index in [9.17, 15) is 4.79 Å². The molecule has 3 aromatic rings. The lowest BCUT2D eigenvalue weighted by molar-refractivity contribution is 0.100. The summed E-state index contributed by atoms with van der Waals surface area (Å²) in [5, 5.41) is 0. The van der Waals surface area contributed by atoms with E-state index in [1.165, 1.54) is 0 Å². The minimum absolute atomic E-state index is 0.441. The molecule has 98 valence electrons. The maximum Gasteiger partial charge on any atom is 0.249 e. The fourth-order valence-corrected chi connectivity index (χ4v) is 2.08. The fourth-order valence-electron chi connectivity index (χ4n) is 2.08. The molecule has 0 spiro atoms. The number of pyridine rings is 1. The zero-order valence-electron chi connectivity index (χ0n) is 10.6. The van der Waals surface area contributed by atoms with Crippen LogP contribution < -0.4 is 5.73 Å². The van der Waals surface area contributed by atoms with Crippen LogP contribution >= 0.6 is 0 Å². The van der Waals surface area contributed by atoms with Crippen LogP contribution in [0.2, 0.25) is 0 Å². The van der Waals surface area contributed by atoms with Gasteiger partial charge in [-0.2, -0.15) is 0 Å². The highest BCUT2D eigenvalue weighted by atomic mass is 16.1. The Morgan fingerprint density at radius 3 is 2.55 bits per heavy atom. The van der Waals surface area contributed by atoms with Crippen LogP contribution in [0.4, 0.5) is 0 Å². The summed E-state index contributed by atoms with van der Waals surface area (Å²) < 4.78 is 1.82. The highest BCUT2D eigenvalue weighted by Gasteiger charge is 2.14.